The summed E-state index contributed by atoms with van der Waals surface area (Å²) in [6, 6.07) is 0. The van der Waals surface area contributed by atoms with E-state index in [4.69, 9.17) is 5.11 Å². The lowest BCUT2D eigenvalue weighted by atomic mass is 10.3. The van der Waals surface area contributed by atoms with Crippen molar-refractivity contribution in [3.63, 3.8) is 0 Å². The number of rotatable bonds is 4. The summed E-state index contributed by atoms with van der Waals surface area (Å²) in [4.78, 5) is 21.1. The third kappa shape index (κ3) is 6.99. The second kappa shape index (κ2) is 4.85. The molecule has 0 rings (SSSR count). The van der Waals surface area contributed by atoms with Crippen molar-refractivity contribution in [2.24, 2.45) is 0 Å². The minimum absolute atomic E-state index is 0.0472. The summed E-state index contributed by atoms with van der Waals surface area (Å²) in [6.45, 7) is 2.96. The molecule has 0 heterocycles. The first-order valence-corrected chi connectivity index (χ1v) is 3.46. The number of hydrogen-bond donors (Lipinski definition) is 2. The van der Waals surface area contributed by atoms with E-state index in [9.17, 15) is 9.59 Å². The van der Waals surface area contributed by atoms with E-state index in [1.165, 1.54) is 13.8 Å². The highest BCUT2D eigenvalue weighted by atomic mass is 16.3. The first-order valence-electron chi connectivity index (χ1n) is 3.46. The molecular formula is C7H13NO3. The zero-order valence-electron chi connectivity index (χ0n) is 6.76. The zero-order valence-corrected chi connectivity index (χ0v) is 6.76. The first kappa shape index (κ1) is 10.1. The summed E-state index contributed by atoms with van der Waals surface area (Å²) in [5, 5.41) is 11.1. The fourth-order valence-corrected chi connectivity index (χ4v) is 0.564. The quantitative estimate of drug-likeness (QED) is 0.579. The molecule has 0 fully saturated rings. The Bertz CT molecular complexity index is 154. The molecule has 0 aliphatic carbocycles. The number of Topliss-reactive ketones (excluding diaryl/α,β-unsaturated/α-hetero) is 1. The van der Waals surface area contributed by atoms with E-state index in [2.05, 4.69) is 5.32 Å². The lowest BCUT2D eigenvalue weighted by molar-refractivity contribution is -0.125. The molecule has 0 aliphatic heterocycles. The van der Waals surface area contributed by atoms with Gasteiger partial charge in [-0.25, -0.2) is 0 Å². The highest BCUT2D eigenvalue weighted by Gasteiger charge is 2.05. The van der Waals surface area contributed by atoms with Crippen LogP contribution in [0.25, 0.3) is 0 Å². The third-order valence-electron chi connectivity index (χ3n) is 1.02. The van der Waals surface area contributed by atoms with Gasteiger partial charge >= 0.3 is 0 Å². The Morgan fingerprint density at radius 3 is 2.45 bits per heavy atom. The van der Waals surface area contributed by atoms with Crippen molar-refractivity contribution in [2.75, 3.05) is 6.54 Å². The maximum absolute atomic E-state index is 10.7. The topological polar surface area (TPSA) is 66.4 Å². The van der Waals surface area contributed by atoms with E-state index < -0.39 is 6.10 Å². The van der Waals surface area contributed by atoms with Gasteiger partial charge in [-0.2, -0.15) is 0 Å². The predicted molar refractivity (Wildman–Crippen MR) is 40.0 cm³/mol. The van der Waals surface area contributed by atoms with Gasteiger partial charge in [0.05, 0.1) is 19.1 Å². The van der Waals surface area contributed by atoms with Crippen molar-refractivity contribution < 1.29 is 14.7 Å². The van der Waals surface area contributed by atoms with Crippen molar-refractivity contribution in [3.05, 3.63) is 0 Å². The van der Waals surface area contributed by atoms with Gasteiger partial charge in [-0.1, -0.05) is 0 Å². The molecule has 2 N–H and O–H groups in total. The van der Waals surface area contributed by atoms with Gasteiger partial charge in [0.1, 0.15) is 5.78 Å². The number of ketones is 1. The minimum Gasteiger partial charge on any atom is -0.393 e. The van der Waals surface area contributed by atoms with E-state index in [1.54, 1.807) is 0 Å². The van der Waals surface area contributed by atoms with E-state index in [-0.39, 0.29) is 24.7 Å². The molecule has 64 valence electrons. The molecule has 0 radical (unpaired) electrons. The van der Waals surface area contributed by atoms with Gasteiger partial charge in [0.15, 0.2) is 0 Å². The molecule has 0 spiro atoms. The maximum Gasteiger partial charge on any atom is 0.222 e. The monoisotopic (exact) mass is 159 g/mol. The van der Waals surface area contributed by atoms with Crippen LogP contribution in [0.1, 0.15) is 20.3 Å². The van der Waals surface area contributed by atoms with Gasteiger partial charge in [0.2, 0.25) is 5.91 Å². The molecule has 0 bridgehead atoms. The summed E-state index contributed by atoms with van der Waals surface area (Å²) in [5.41, 5.74) is 0. The lowest BCUT2D eigenvalue weighted by Crippen LogP contribution is -2.30. The van der Waals surface area contributed by atoms with E-state index in [0.717, 1.165) is 0 Å². The van der Waals surface area contributed by atoms with Crippen LogP contribution in [-0.2, 0) is 9.59 Å². The van der Waals surface area contributed by atoms with Crippen LogP contribution in [0.3, 0.4) is 0 Å². The van der Waals surface area contributed by atoms with Crippen molar-refractivity contribution in [3.8, 4) is 0 Å². The van der Waals surface area contributed by atoms with Crippen molar-refractivity contribution in [1.29, 1.82) is 0 Å². The molecule has 11 heavy (non-hydrogen) atoms. The van der Waals surface area contributed by atoms with Crippen molar-refractivity contribution in [2.45, 2.75) is 26.4 Å². The van der Waals surface area contributed by atoms with Gasteiger partial charge in [-0.05, 0) is 13.8 Å². The normalized spacial score (nSPS) is 12.3. The molecule has 1 amide bonds. The molecular weight excluding hydrogens is 146 g/mol. The first-order chi connectivity index (χ1) is 5.02. The van der Waals surface area contributed by atoms with E-state index in [0.29, 0.717) is 0 Å². The Kier molecular flexibility index (Phi) is 4.45. The fourth-order valence-electron chi connectivity index (χ4n) is 0.564. The standard InChI is InChI=1S/C7H13NO3/c1-5(9)3-7(11)8-4-6(2)10/h5,9H,3-4H2,1-2H3,(H,8,11)/t5-/m1/s1. The van der Waals surface area contributed by atoms with E-state index in [1.807, 2.05) is 0 Å². The molecule has 1 atom stereocenters. The average molecular weight is 159 g/mol. The zero-order chi connectivity index (χ0) is 8.85. The van der Waals surface area contributed by atoms with Crippen LogP contribution in [0, 0.1) is 0 Å². The minimum atomic E-state index is -0.651. The Morgan fingerprint density at radius 2 is 2.09 bits per heavy atom. The second-order valence-corrected chi connectivity index (χ2v) is 2.53. The van der Waals surface area contributed by atoms with Crippen LogP contribution in [0.15, 0.2) is 0 Å². The summed E-state index contributed by atoms with van der Waals surface area (Å²) in [7, 11) is 0. The molecule has 0 saturated heterocycles. The molecule has 0 aliphatic rings. The number of nitrogens with one attached hydrogen (secondary N) is 1. The SMILES string of the molecule is CC(=O)CNC(=O)C[C@@H](C)O. The highest BCUT2D eigenvalue weighted by Crippen LogP contribution is 1.87. The molecule has 0 aromatic heterocycles. The largest absolute Gasteiger partial charge is 0.393 e. The number of carbonyl (C=O) groups excluding carboxylic acids is 2. The van der Waals surface area contributed by atoms with Crippen LogP contribution in [0.5, 0.6) is 0 Å². The molecule has 4 heteroatoms. The number of aliphatic hydroxyl groups is 1. The van der Waals surface area contributed by atoms with Gasteiger partial charge in [0.25, 0.3) is 0 Å². The Morgan fingerprint density at radius 1 is 1.55 bits per heavy atom. The van der Waals surface area contributed by atoms with Gasteiger partial charge < -0.3 is 10.4 Å². The predicted octanol–water partition coefficient (Wildman–Crippen LogP) is -0.537. The smallest absolute Gasteiger partial charge is 0.222 e. The molecule has 4 nitrogen and oxygen atoms in total. The summed E-state index contributed by atoms with van der Waals surface area (Å²) >= 11 is 0. The Hall–Kier alpha value is -0.900. The number of amides is 1. The Labute approximate surface area is 65.6 Å². The Balaban J connectivity index is 3.45. The van der Waals surface area contributed by atoms with Gasteiger partial charge in [0, 0.05) is 0 Å². The second-order valence-electron chi connectivity index (χ2n) is 2.53. The molecule has 0 aromatic carbocycles. The summed E-state index contributed by atoms with van der Waals surface area (Å²) < 4.78 is 0. The molecule has 0 aromatic rings. The molecule has 0 unspecified atom stereocenters. The molecule has 0 saturated carbocycles. The van der Waals surface area contributed by atoms with Crippen molar-refractivity contribution in [1.82, 2.24) is 5.32 Å². The van der Waals surface area contributed by atoms with Crippen LogP contribution in [-0.4, -0.2) is 29.4 Å². The number of carbonyl (C=O) groups is 2. The van der Waals surface area contributed by atoms with Crippen molar-refractivity contribution >= 4 is 11.7 Å². The number of hydrogen-bond acceptors (Lipinski definition) is 3. The van der Waals surface area contributed by atoms with Gasteiger partial charge in [-0.15, -0.1) is 0 Å². The van der Waals surface area contributed by atoms with Crippen LogP contribution < -0.4 is 5.32 Å². The van der Waals surface area contributed by atoms with Crippen LogP contribution in [0.4, 0.5) is 0 Å². The lowest BCUT2D eigenvalue weighted by Gasteiger charge is -2.03. The van der Waals surface area contributed by atoms with Gasteiger partial charge in [-0.3, -0.25) is 9.59 Å². The number of aliphatic hydroxyl groups excluding tert-OH is 1. The third-order valence-corrected chi connectivity index (χ3v) is 1.02. The maximum atomic E-state index is 10.7. The van der Waals surface area contributed by atoms with E-state index >= 15 is 0 Å². The highest BCUT2D eigenvalue weighted by molar-refractivity contribution is 5.84. The summed E-state index contributed by atoms with van der Waals surface area (Å²) in [6.07, 6.45) is -0.602. The van der Waals surface area contributed by atoms with Crippen LogP contribution in [0.2, 0.25) is 0 Å². The average Bonchev–Trinajstić information content (AvgIpc) is 1.82. The fraction of sp³-hybridized carbons (Fsp3) is 0.714. The van der Waals surface area contributed by atoms with Crippen LogP contribution >= 0.6 is 0 Å². The summed E-state index contributed by atoms with van der Waals surface area (Å²) in [5.74, 6) is -0.390.